The summed E-state index contributed by atoms with van der Waals surface area (Å²) in [5.41, 5.74) is 2.44. The number of fused-ring (bicyclic) bond motifs is 1. The molecule has 3 aromatic heterocycles. The van der Waals surface area contributed by atoms with Crippen molar-refractivity contribution in [1.82, 2.24) is 24.5 Å². The Morgan fingerprint density at radius 3 is 2.75 bits per heavy atom. The van der Waals surface area contributed by atoms with E-state index in [-0.39, 0.29) is 23.3 Å². The van der Waals surface area contributed by atoms with E-state index >= 15 is 0 Å². The summed E-state index contributed by atoms with van der Waals surface area (Å²) in [4.78, 5) is 25.9. The van der Waals surface area contributed by atoms with Crippen LogP contribution in [0.25, 0.3) is 4.96 Å². The summed E-state index contributed by atoms with van der Waals surface area (Å²) in [6.07, 6.45) is 1.74. The molecule has 206 valence electrons. The van der Waals surface area contributed by atoms with Crippen LogP contribution in [0.4, 0.5) is 10.2 Å². The lowest BCUT2D eigenvalue weighted by Gasteiger charge is -2.35. The molecular weight excluding hydrogens is 537 g/mol. The van der Waals surface area contributed by atoms with Crippen molar-refractivity contribution in [2.75, 3.05) is 37.7 Å². The summed E-state index contributed by atoms with van der Waals surface area (Å²) in [7, 11) is 0. The topological polar surface area (TPSA) is 129 Å². The summed E-state index contributed by atoms with van der Waals surface area (Å²) in [6, 6.07) is 11.8. The van der Waals surface area contributed by atoms with Gasteiger partial charge >= 0.3 is 5.97 Å². The maximum atomic E-state index is 14.2. The number of anilines is 1. The summed E-state index contributed by atoms with van der Waals surface area (Å²) >= 11 is 1.08. The summed E-state index contributed by atoms with van der Waals surface area (Å²) in [6.45, 7) is 4.50. The highest BCUT2D eigenvalue weighted by Crippen LogP contribution is 2.26. The van der Waals surface area contributed by atoms with Gasteiger partial charge < -0.3 is 19.5 Å². The Kier molecular flexibility index (Phi) is 7.29. The van der Waals surface area contributed by atoms with Crippen LogP contribution in [-0.2, 0) is 24.3 Å². The van der Waals surface area contributed by atoms with E-state index in [1.165, 1.54) is 6.07 Å². The number of benzene rings is 1. The monoisotopic (exact) mass is 563 g/mol. The molecule has 1 atom stereocenters. The molecule has 2 saturated heterocycles. The van der Waals surface area contributed by atoms with Gasteiger partial charge in [-0.15, -0.1) is 5.10 Å². The van der Waals surface area contributed by atoms with Gasteiger partial charge in [0, 0.05) is 57.4 Å². The van der Waals surface area contributed by atoms with Crippen molar-refractivity contribution in [3.05, 3.63) is 69.7 Å². The molecule has 13 heteroatoms. The molecule has 1 unspecified atom stereocenters. The Hall–Kier alpha value is -4.12. The average Bonchev–Trinajstić information content (AvgIpc) is 3.49. The molecule has 11 nitrogen and oxygen atoms in total. The highest BCUT2D eigenvalue weighted by molar-refractivity contribution is 7.18. The largest absolute Gasteiger partial charge is 0.476 e. The van der Waals surface area contributed by atoms with Crippen LogP contribution in [-0.4, -0.2) is 74.4 Å². The van der Waals surface area contributed by atoms with Gasteiger partial charge in [0.2, 0.25) is 15.8 Å². The van der Waals surface area contributed by atoms with Gasteiger partial charge in [-0.05, 0) is 24.6 Å². The zero-order valence-corrected chi connectivity index (χ0v) is 22.3. The molecule has 0 spiro atoms. The molecule has 0 radical (unpaired) electrons. The minimum atomic E-state index is -1.05. The molecule has 0 amide bonds. The second-order valence-electron chi connectivity index (χ2n) is 9.70. The molecule has 6 rings (SSSR count). The normalized spacial score (nSPS) is 17.5. The number of hydrogen-bond acceptors (Lipinski definition) is 10. The first kappa shape index (κ1) is 26.1. The van der Waals surface area contributed by atoms with E-state index in [4.69, 9.17) is 19.7 Å². The number of rotatable bonds is 9. The maximum Gasteiger partial charge on any atom is 0.367 e. The number of imidazole rings is 1. The van der Waals surface area contributed by atoms with Crippen molar-refractivity contribution in [2.24, 2.45) is 0 Å². The van der Waals surface area contributed by atoms with Crippen LogP contribution in [0, 0.1) is 17.1 Å². The smallest absolute Gasteiger partial charge is 0.367 e. The van der Waals surface area contributed by atoms with E-state index < -0.39 is 11.8 Å². The second kappa shape index (κ2) is 11.2. The third kappa shape index (κ3) is 5.46. The van der Waals surface area contributed by atoms with Crippen LogP contribution in [0.2, 0.25) is 0 Å². The zero-order chi connectivity index (χ0) is 27.6. The Morgan fingerprint density at radius 1 is 1.23 bits per heavy atom. The fraction of sp³-hybridized carbons (Fsp3) is 0.370. The molecule has 1 aromatic carbocycles. The van der Waals surface area contributed by atoms with Crippen LogP contribution < -0.4 is 9.64 Å². The number of carboxylic acid groups (broad SMARTS) is 1. The van der Waals surface area contributed by atoms with Crippen LogP contribution in [0.15, 0.2) is 36.4 Å². The zero-order valence-electron chi connectivity index (χ0n) is 21.5. The molecule has 0 bridgehead atoms. The highest BCUT2D eigenvalue weighted by atomic mass is 32.1. The van der Waals surface area contributed by atoms with Gasteiger partial charge in [0.15, 0.2) is 0 Å². The minimum Gasteiger partial charge on any atom is -0.476 e. The molecule has 0 aliphatic carbocycles. The van der Waals surface area contributed by atoms with Gasteiger partial charge in [-0.25, -0.2) is 18.7 Å². The lowest BCUT2D eigenvalue weighted by molar-refractivity contribution is -0.0500. The van der Waals surface area contributed by atoms with Crippen LogP contribution in [0.3, 0.4) is 0 Å². The number of carboxylic acids is 1. The molecule has 4 aromatic rings. The summed E-state index contributed by atoms with van der Waals surface area (Å²) < 4.78 is 27.2. The Labute approximate surface area is 233 Å². The Bertz CT molecular complexity index is 1590. The van der Waals surface area contributed by atoms with E-state index in [0.29, 0.717) is 29.4 Å². The van der Waals surface area contributed by atoms with Gasteiger partial charge in [-0.2, -0.15) is 10.2 Å². The minimum absolute atomic E-state index is 0.0148. The summed E-state index contributed by atoms with van der Waals surface area (Å²) in [5.74, 6) is -0.347. The number of halogens is 1. The van der Waals surface area contributed by atoms with Crippen molar-refractivity contribution in [2.45, 2.75) is 32.1 Å². The molecule has 2 aliphatic rings. The van der Waals surface area contributed by atoms with Gasteiger partial charge in [0.25, 0.3) is 0 Å². The fourth-order valence-corrected chi connectivity index (χ4v) is 5.58. The van der Waals surface area contributed by atoms with Crippen LogP contribution >= 0.6 is 11.3 Å². The quantitative estimate of drug-likeness (QED) is 0.324. The SMILES string of the molecule is N#Cc1ccc(COc2cccc(N3CCN(Cc4nc5sc(C(=O)O)nn5c4CC4CCO4)CC3)n2)c(F)c1. The summed E-state index contributed by atoms with van der Waals surface area (Å²) in [5, 5.41) is 22.6. The number of nitrogens with zero attached hydrogens (tertiary/aromatic N) is 7. The number of piperazine rings is 1. The number of hydrogen-bond donors (Lipinski definition) is 1. The molecule has 2 aliphatic heterocycles. The van der Waals surface area contributed by atoms with Gasteiger partial charge in [0.05, 0.1) is 29.1 Å². The predicted octanol–water partition coefficient (Wildman–Crippen LogP) is 3.13. The lowest BCUT2D eigenvalue weighted by Crippen LogP contribution is -2.46. The molecule has 5 heterocycles. The van der Waals surface area contributed by atoms with Crippen molar-refractivity contribution >= 4 is 28.1 Å². The molecular formula is C27H26FN7O4S. The number of carbonyl (C=O) groups is 1. The van der Waals surface area contributed by atoms with Crippen LogP contribution in [0.1, 0.15) is 38.7 Å². The Balaban J connectivity index is 1.08. The molecule has 1 N–H and O–H groups in total. The van der Waals surface area contributed by atoms with E-state index in [2.05, 4.69) is 19.9 Å². The standard InChI is InChI=1S/C27H26FN7O4S/c28-20-12-17(14-29)4-5-18(20)16-39-24-3-1-2-23(31-24)34-9-7-33(8-10-34)15-21-22(13-19-6-11-38-19)35-27(30-21)40-25(32-35)26(36)37/h1-5,12,19H,6-11,13,15-16H2,(H,36,37). The number of aromatic carboxylic acids is 1. The van der Waals surface area contributed by atoms with Crippen LogP contribution in [0.5, 0.6) is 5.88 Å². The van der Waals surface area contributed by atoms with Crippen molar-refractivity contribution < 1.29 is 23.8 Å². The number of ether oxygens (including phenoxy) is 2. The van der Waals surface area contributed by atoms with E-state index in [9.17, 15) is 14.3 Å². The van der Waals surface area contributed by atoms with Crippen molar-refractivity contribution in [3.8, 4) is 11.9 Å². The van der Waals surface area contributed by atoms with Gasteiger partial charge in [-0.1, -0.05) is 23.5 Å². The first-order chi connectivity index (χ1) is 19.5. The van der Waals surface area contributed by atoms with Crippen molar-refractivity contribution in [1.29, 1.82) is 5.26 Å². The molecule has 2 fully saturated rings. The van der Waals surface area contributed by atoms with Crippen molar-refractivity contribution in [3.63, 3.8) is 0 Å². The fourth-order valence-electron chi connectivity index (χ4n) is 4.80. The third-order valence-electron chi connectivity index (χ3n) is 7.11. The number of aromatic nitrogens is 4. The maximum absolute atomic E-state index is 14.2. The van der Waals surface area contributed by atoms with E-state index in [1.54, 1.807) is 22.7 Å². The van der Waals surface area contributed by atoms with E-state index in [1.807, 2.05) is 18.2 Å². The van der Waals surface area contributed by atoms with Gasteiger partial charge in [-0.3, -0.25) is 4.90 Å². The lowest BCUT2D eigenvalue weighted by atomic mass is 10.1. The first-order valence-corrected chi connectivity index (χ1v) is 13.8. The second-order valence-corrected chi connectivity index (χ2v) is 10.7. The predicted molar refractivity (Wildman–Crippen MR) is 143 cm³/mol. The highest BCUT2D eigenvalue weighted by Gasteiger charge is 2.27. The first-order valence-electron chi connectivity index (χ1n) is 12.9. The number of pyridine rings is 1. The molecule has 0 saturated carbocycles. The average molecular weight is 564 g/mol. The van der Waals surface area contributed by atoms with E-state index in [0.717, 1.165) is 67.7 Å². The Morgan fingerprint density at radius 2 is 2.05 bits per heavy atom. The molecule has 40 heavy (non-hydrogen) atoms. The third-order valence-corrected chi connectivity index (χ3v) is 8.01. The number of nitriles is 1. The van der Waals surface area contributed by atoms with Gasteiger partial charge in [0.1, 0.15) is 18.2 Å².